The number of amides is 1. The topological polar surface area (TPSA) is 75.2 Å². The highest BCUT2D eigenvalue weighted by Gasteiger charge is 2.34. The minimum absolute atomic E-state index is 0.0143. The Bertz CT molecular complexity index is 712. The van der Waals surface area contributed by atoms with Crippen LogP contribution in [0.1, 0.15) is 51.0 Å². The van der Waals surface area contributed by atoms with Crippen LogP contribution < -0.4 is 20.1 Å². The van der Waals surface area contributed by atoms with Crippen LogP contribution in [0.15, 0.2) is 23.2 Å². The summed E-state index contributed by atoms with van der Waals surface area (Å²) in [5.74, 6) is 2.37. The van der Waals surface area contributed by atoms with Crippen molar-refractivity contribution in [3.8, 4) is 11.5 Å². The first kappa shape index (κ1) is 23.8. The molecule has 7 nitrogen and oxygen atoms in total. The van der Waals surface area contributed by atoms with Crippen molar-refractivity contribution < 1.29 is 14.3 Å². The van der Waals surface area contributed by atoms with Gasteiger partial charge in [0, 0.05) is 39.0 Å². The summed E-state index contributed by atoms with van der Waals surface area (Å²) in [5.41, 5.74) is 1.24. The average molecular weight is 419 g/mol. The van der Waals surface area contributed by atoms with Crippen LogP contribution in [0.5, 0.6) is 11.5 Å². The highest BCUT2D eigenvalue weighted by molar-refractivity contribution is 5.81. The Labute approximate surface area is 181 Å². The fourth-order valence-corrected chi connectivity index (χ4v) is 4.02. The molecule has 0 saturated heterocycles. The molecule has 1 saturated carbocycles. The highest BCUT2D eigenvalue weighted by Crippen LogP contribution is 2.42. The molecule has 2 N–H and O–H groups in total. The Kier molecular flexibility index (Phi) is 9.27. The van der Waals surface area contributed by atoms with Crippen molar-refractivity contribution in [2.24, 2.45) is 4.99 Å². The fourth-order valence-electron chi connectivity index (χ4n) is 4.02. The Morgan fingerprint density at radius 3 is 2.40 bits per heavy atom. The van der Waals surface area contributed by atoms with E-state index in [0.717, 1.165) is 36.8 Å². The lowest BCUT2D eigenvalue weighted by Crippen LogP contribution is -2.41. The lowest BCUT2D eigenvalue weighted by molar-refractivity contribution is -0.128. The summed E-state index contributed by atoms with van der Waals surface area (Å²) in [5, 5.41) is 6.61. The van der Waals surface area contributed by atoms with Gasteiger partial charge in [0.1, 0.15) is 0 Å². The summed E-state index contributed by atoms with van der Waals surface area (Å²) in [6, 6.07) is 6.25. The molecule has 1 aliphatic rings. The van der Waals surface area contributed by atoms with E-state index in [0.29, 0.717) is 19.5 Å². The van der Waals surface area contributed by atoms with E-state index in [1.165, 1.54) is 24.8 Å². The van der Waals surface area contributed by atoms with Crippen LogP contribution in [0.25, 0.3) is 0 Å². The summed E-state index contributed by atoms with van der Waals surface area (Å²) < 4.78 is 11.0. The molecule has 2 rings (SSSR count). The second-order valence-corrected chi connectivity index (χ2v) is 8.07. The van der Waals surface area contributed by atoms with E-state index in [2.05, 4.69) is 22.8 Å². The zero-order valence-corrected chi connectivity index (χ0v) is 19.2. The van der Waals surface area contributed by atoms with Gasteiger partial charge in [-0.2, -0.15) is 0 Å². The zero-order valence-electron chi connectivity index (χ0n) is 19.2. The van der Waals surface area contributed by atoms with Gasteiger partial charge in [0.05, 0.1) is 20.8 Å². The number of carbonyl (C=O) groups excluding carboxylic acids is 1. The third-order valence-corrected chi connectivity index (χ3v) is 5.82. The largest absolute Gasteiger partial charge is 0.493 e. The van der Waals surface area contributed by atoms with Gasteiger partial charge >= 0.3 is 0 Å². The number of nitrogens with one attached hydrogen (secondary N) is 2. The Hall–Kier alpha value is -2.44. The van der Waals surface area contributed by atoms with Crippen LogP contribution in [-0.4, -0.2) is 64.7 Å². The molecule has 0 radical (unpaired) electrons. The van der Waals surface area contributed by atoms with Crippen LogP contribution in [-0.2, 0) is 10.2 Å². The summed E-state index contributed by atoms with van der Waals surface area (Å²) in [7, 11) is 6.89. The number of nitrogens with zero attached hydrogens (tertiary/aromatic N) is 2. The Morgan fingerprint density at radius 1 is 1.10 bits per heavy atom. The predicted octanol–water partition coefficient (Wildman–Crippen LogP) is 2.94. The molecule has 0 unspecified atom stereocenters. The standard InChI is InChI=1S/C23H38N4O3/c1-6-24-22(25-15-12-21(28)27(2)3)26-17-23(13-8-7-9-14-23)18-10-11-19(29-4)20(16-18)30-5/h10-11,16H,6-9,12-15,17H2,1-5H3,(H2,24,25,26). The molecule has 0 aliphatic heterocycles. The molecule has 0 bridgehead atoms. The predicted molar refractivity (Wildman–Crippen MR) is 122 cm³/mol. The molecule has 1 aromatic rings. The first-order valence-corrected chi connectivity index (χ1v) is 10.9. The number of hydrogen-bond donors (Lipinski definition) is 2. The maximum Gasteiger partial charge on any atom is 0.223 e. The van der Waals surface area contributed by atoms with Crippen LogP contribution in [0.4, 0.5) is 0 Å². The van der Waals surface area contributed by atoms with Crippen molar-refractivity contribution in [1.29, 1.82) is 0 Å². The van der Waals surface area contributed by atoms with E-state index in [1.54, 1.807) is 33.2 Å². The van der Waals surface area contributed by atoms with Gasteiger partial charge in [-0.25, -0.2) is 0 Å². The van der Waals surface area contributed by atoms with E-state index in [1.807, 2.05) is 13.0 Å². The molecule has 1 fully saturated rings. The van der Waals surface area contributed by atoms with Gasteiger partial charge in [0.15, 0.2) is 17.5 Å². The lowest BCUT2D eigenvalue weighted by Gasteiger charge is -2.37. The number of guanidine groups is 1. The van der Waals surface area contributed by atoms with Crippen molar-refractivity contribution in [3.63, 3.8) is 0 Å². The fraction of sp³-hybridized carbons (Fsp3) is 0.652. The van der Waals surface area contributed by atoms with Crippen LogP contribution in [0.3, 0.4) is 0 Å². The van der Waals surface area contributed by atoms with Crippen molar-refractivity contribution in [3.05, 3.63) is 23.8 Å². The summed E-state index contributed by atoms with van der Waals surface area (Å²) in [6.45, 7) is 4.08. The number of rotatable bonds is 9. The Morgan fingerprint density at radius 2 is 1.80 bits per heavy atom. The number of carbonyl (C=O) groups is 1. The summed E-state index contributed by atoms with van der Waals surface area (Å²) in [4.78, 5) is 18.4. The Balaban J connectivity index is 2.20. The summed E-state index contributed by atoms with van der Waals surface area (Å²) >= 11 is 0. The van der Waals surface area contributed by atoms with Gasteiger partial charge in [-0.1, -0.05) is 25.3 Å². The van der Waals surface area contributed by atoms with Gasteiger partial charge in [0.2, 0.25) is 5.91 Å². The zero-order chi connectivity index (χ0) is 22.0. The van der Waals surface area contributed by atoms with Crippen LogP contribution in [0, 0.1) is 0 Å². The molecule has 168 valence electrons. The van der Waals surface area contributed by atoms with E-state index in [-0.39, 0.29) is 11.3 Å². The minimum Gasteiger partial charge on any atom is -0.493 e. The first-order valence-electron chi connectivity index (χ1n) is 10.9. The molecule has 0 heterocycles. The third-order valence-electron chi connectivity index (χ3n) is 5.82. The third kappa shape index (κ3) is 6.28. The quantitative estimate of drug-likeness (QED) is 0.476. The summed E-state index contributed by atoms with van der Waals surface area (Å²) in [6.07, 6.45) is 6.31. The number of aliphatic imine (C=N–C) groups is 1. The highest BCUT2D eigenvalue weighted by atomic mass is 16.5. The van der Waals surface area contributed by atoms with E-state index >= 15 is 0 Å². The number of methoxy groups -OCH3 is 2. The number of hydrogen-bond acceptors (Lipinski definition) is 4. The molecule has 0 spiro atoms. The molecule has 30 heavy (non-hydrogen) atoms. The van der Waals surface area contributed by atoms with Crippen molar-refractivity contribution >= 4 is 11.9 Å². The normalized spacial score (nSPS) is 16.0. The molecule has 1 aromatic carbocycles. The van der Waals surface area contributed by atoms with E-state index < -0.39 is 0 Å². The first-order chi connectivity index (χ1) is 14.5. The lowest BCUT2D eigenvalue weighted by atomic mass is 9.69. The van der Waals surface area contributed by atoms with Gasteiger partial charge in [-0.15, -0.1) is 0 Å². The molecule has 0 aromatic heterocycles. The smallest absolute Gasteiger partial charge is 0.223 e. The number of benzene rings is 1. The maximum absolute atomic E-state index is 11.8. The minimum atomic E-state index is -0.0143. The van der Waals surface area contributed by atoms with Gasteiger partial charge in [0.25, 0.3) is 0 Å². The molecular weight excluding hydrogens is 380 g/mol. The monoisotopic (exact) mass is 418 g/mol. The molecule has 7 heteroatoms. The second kappa shape index (κ2) is 11.7. The maximum atomic E-state index is 11.8. The molecular formula is C23H38N4O3. The van der Waals surface area contributed by atoms with Crippen molar-refractivity contribution in [2.45, 2.75) is 50.9 Å². The second-order valence-electron chi connectivity index (χ2n) is 8.07. The van der Waals surface area contributed by atoms with E-state index in [9.17, 15) is 4.79 Å². The average Bonchev–Trinajstić information content (AvgIpc) is 2.77. The van der Waals surface area contributed by atoms with Crippen molar-refractivity contribution in [1.82, 2.24) is 15.5 Å². The van der Waals surface area contributed by atoms with Gasteiger partial charge < -0.3 is 25.0 Å². The van der Waals surface area contributed by atoms with Crippen molar-refractivity contribution in [2.75, 3.05) is 47.9 Å². The molecule has 0 atom stereocenters. The van der Waals surface area contributed by atoms with Gasteiger partial charge in [-0.3, -0.25) is 9.79 Å². The number of ether oxygens (including phenoxy) is 2. The van der Waals surface area contributed by atoms with E-state index in [4.69, 9.17) is 14.5 Å². The van der Waals surface area contributed by atoms with Crippen LogP contribution >= 0.6 is 0 Å². The van der Waals surface area contributed by atoms with Crippen LogP contribution in [0.2, 0.25) is 0 Å². The molecule has 1 aliphatic carbocycles. The SMILES string of the molecule is CCNC(=NCC1(c2ccc(OC)c(OC)c2)CCCCC1)NCCC(=O)N(C)C. The molecule has 1 amide bonds. The van der Waals surface area contributed by atoms with Gasteiger partial charge in [-0.05, 0) is 37.5 Å².